The van der Waals surface area contributed by atoms with Crippen LogP contribution >= 0.6 is 23.2 Å². The minimum atomic E-state index is -0.274. The molecule has 5 heteroatoms. The number of carbonyl (C=O) groups excluding carboxylic acids is 2. The summed E-state index contributed by atoms with van der Waals surface area (Å²) in [6, 6.07) is 3.00. The molecule has 1 amide bonds. The van der Waals surface area contributed by atoms with Gasteiger partial charge in [0.05, 0.1) is 15.6 Å². The molecule has 0 aromatic heterocycles. The fraction of sp³-hybridized carbons (Fsp3) is 0.333. The molecule has 0 spiro atoms. The third kappa shape index (κ3) is 2.79. The molecule has 0 saturated heterocycles. The summed E-state index contributed by atoms with van der Waals surface area (Å²) in [7, 11) is 0. The number of rotatable bonds is 4. The third-order valence-electron chi connectivity index (χ3n) is 2.52. The lowest BCUT2D eigenvalue weighted by Crippen LogP contribution is -2.31. The van der Waals surface area contributed by atoms with Crippen molar-refractivity contribution >= 4 is 35.4 Å². The summed E-state index contributed by atoms with van der Waals surface area (Å²) in [4.78, 5) is 24.7. The molecule has 0 aliphatic carbocycles. The van der Waals surface area contributed by atoms with Crippen LogP contribution in [0.25, 0.3) is 0 Å². The van der Waals surface area contributed by atoms with Crippen LogP contribution in [0, 0.1) is 0 Å². The number of hydrogen-bond donors (Lipinski definition) is 0. The van der Waals surface area contributed by atoms with Gasteiger partial charge in [-0.3, -0.25) is 9.59 Å². The molecule has 0 bridgehead atoms. The quantitative estimate of drug-likeness (QED) is 0.790. The predicted molar refractivity (Wildman–Crippen MR) is 69.1 cm³/mol. The van der Waals surface area contributed by atoms with E-state index in [2.05, 4.69) is 0 Å². The van der Waals surface area contributed by atoms with Crippen molar-refractivity contribution in [1.29, 1.82) is 0 Å². The monoisotopic (exact) mass is 273 g/mol. The Bertz CT molecular complexity index is 442. The summed E-state index contributed by atoms with van der Waals surface area (Å²) < 4.78 is 0. The van der Waals surface area contributed by atoms with Gasteiger partial charge in [-0.05, 0) is 26.0 Å². The largest absolute Gasteiger partial charge is 0.339 e. The molecule has 1 aromatic rings. The van der Waals surface area contributed by atoms with E-state index in [4.69, 9.17) is 23.2 Å². The first-order valence-corrected chi connectivity index (χ1v) is 6.04. The van der Waals surface area contributed by atoms with Crippen molar-refractivity contribution in [2.24, 2.45) is 0 Å². The van der Waals surface area contributed by atoms with Crippen molar-refractivity contribution in [2.75, 3.05) is 13.1 Å². The Morgan fingerprint density at radius 3 is 2.35 bits per heavy atom. The third-order valence-corrected chi connectivity index (χ3v) is 3.32. The van der Waals surface area contributed by atoms with Gasteiger partial charge in [-0.2, -0.15) is 0 Å². The van der Waals surface area contributed by atoms with Gasteiger partial charge < -0.3 is 4.90 Å². The van der Waals surface area contributed by atoms with Crippen LogP contribution in [0.1, 0.15) is 34.6 Å². The van der Waals surface area contributed by atoms with E-state index < -0.39 is 0 Å². The summed E-state index contributed by atoms with van der Waals surface area (Å²) in [5.74, 6) is -0.274. The van der Waals surface area contributed by atoms with Crippen molar-refractivity contribution < 1.29 is 9.59 Å². The lowest BCUT2D eigenvalue weighted by Gasteiger charge is -2.20. The minimum Gasteiger partial charge on any atom is -0.339 e. The first-order chi connectivity index (χ1) is 8.06. The van der Waals surface area contributed by atoms with Crippen LogP contribution in [0.5, 0.6) is 0 Å². The molecule has 0 heterocycles. The summed E-state index contributed by atoms with van der Waals surface area (Å²) >= 11 is 11.9. The number of amides is 1. The number of hydrogen-bond acceptors (Lipinski definition) is 2. The van der Waals surface area contributed by atoms with Crippen molar-refractivity contribution in [1.82, 2.24) is 4.90 Å². The fourth-order valence-corrected chi connectivity index (χ4v) is 1.96. The second kappa shape index (κ2) is 6.03. The maximum absolute atomic E-state index is 12.2. The molecule has 0 saturated carbocycles. The SMILES string of the molecule is CCN(CC)C(=O)c1c(C=O)ccc(Cl)c1Cl. The molecule has 0 radical (unpaired) electrons. The van der Waals surface area contributed by atoms with E-state index in [9.17, 15) is 9.59 Å². The molecule has 0 aliphatic rings. The maximum Gasteiger partial charge on any atom is 0.256 e. The number of nitrogens with zero attached hydrogens (tertiary/aromatic N) is 1. The summed E-state index contributed by atoms with van der Waals surface area (Å²) in [6.45, 7) is 4.83. The van der Waals surface area contributed by atoms with E-state index in [-0.39, 0.29) is 27.1 Å². The van der Waals surface area contributed by atoms with Gasteiger partial charge in [0.2, 0.25) is 0 Å². The van der Waals surface area contributed by atoms with Crippen molar-refractivity contribution in [3.8, 4) is 0 Å². The van der Waals surface area contributed by atoms with Crippen LogP contribution < -0.4 is 0 Å². The molecule has 3 nitrogen and oxygen atoms in total. The molecule has 0 unspecified atom stereocenters. The number of halogens is 2. The van der Waals surface area contributed by atoms with Crippen LogP contribution in [0.2, 0.25) is 10.0 Å². The van der Waals surface area contributed by atoms with Crippen LogP contribution in [-0.4, -0.2) is 30.2 Å². The molecule has 1 rings (SSSR count). The minimum absolute atomic E-state index is 0.133. The van der Waals surface area contributed by atoms with Gasteiger partial charge in [-0.15, -0.1) is 0 Å². The molecule has 0 fully saturated rings. The zero-order valence-corrected chi connectivity index (χ0v) is 11.2. The van der Waals surface area contributed by atoms with Gasteiger partial charge in [-0.1, -0.05) is 23.2 Å². The standard InChI is InChI=1S/C12H13Cl2NO2/c1-3-15(4-2)12(17)10-8(7-16)5-6-9(13)11(10)14/h5-7H,3-4H2,1-2H3. The highest BCUT2D eigenvalue weighted by molar-refractivity contribution is 6.44. The van der Waals surface area contributed by atoms with E-state index in [1.807, 2.05) is 13.8 Å². The highest BCUT2D eigenvalue weighted by Gasteiger charge is 2.21. The van der Waals surface area contributed by atoms with E-state index in [1.165, 1.54) is 12.1 Å². The number of aldehydes is 1. The molecule has 0 N–H and O–H groups in total. The first-order valence-electron chi connectivity index (χ1n) is 5.29. The van der Waals surface area contributed by atoms with Gasteiger partial charge in [-0.25, -0.2) is 0 Å². The lowest BCUT2D eigenvalue weighted by molar-refractivity contribution is 0.0770. The molecule has 17 heavy (non-hydrogen) atoms. The maximum atomic E-state index is 12.2. The van der Waals surface area contributed by atoms with Gasteiger partial charge >= 0.3 is 0 Å². The van der Waals surface area contributed by atoms with Crippen LogP contribution in [0.15, 0.2) is 12.1 Å². The smallest absolute Gasteiger partial charge is 0.256 e. The molecule has 92 valence electrons. The van der Waals surface area contributed by atoms with E-state index in [0.717, 1.165) is 0 Å². The molecule has 0 aliphatic heterocycles. The summed E-state index contributed by atoms with van der Waals surface area (Å²) in [5, 5.41) is 0.404. The molecule has 0 atom stereocenters. The Morgan fingerprint density at radius 2 is 1.88 bits per heavy atom. The Morgan fingerprint density at radius 1 is 1.29 bits per heavy atom. The van der Waals surface area contributed by atoms with Crippen LogP contribution in [0.4, 0.5) is 0 Å². The zero-order valence-electron chi connectivity index (χ0n) is 9.67. The Hall–Kier alpha value is -1.06. The number of benzene rings is 1. The topological polar surface area (TPSA) is 37.4 Å². The first kappa shape index (κ1) is 14.0. The van der Waals surface area contributed by atoms with Crippen molar-refractivity contribution in [2.45, 2.75) is 13.8 Å². The average molecular weight is 274 g/mol. The second-order valence-electron chi connectivity index (χ2n) is 3.42. The van der Waals surface area contributed by atoms with Gasteiger partial charge in [0.15, 0.2) is 6.29 Å². The van der Waals surface area contributed by atoms with Gasteiger partial charge in [0, 0.05) is 18.7 Å². The van der Waals surface area contributed by atoms with Crippen molar-refractivity contribution in [3.63, 3.8) is 0 Å². The normalized spacial score (nSPS) is 10.1. The van der Waals surface area contributed by atoms with Crippen molar-refractivity contribution in [3.05, 3.63) is 33.3 Å². The van der Waals surface area contributed by atoms with E-state index >= 15 is 0 Å². The van der Waals surface area contributed by atoms with Gasteiger partial charge in [0.1, 0.15) is 0 Å². The Balaban J connectivity index is 3.33. The van der Waals surface area contributed by atoms with Crippen LogP contribution in [-0.2, 0) is 0 Å². The highest BCUT2D eigenvalue weighted by Crippen LogP contribution is 2.29. The Labute approximate surface area is 110 Å². The zero-order chi connectivity index (χ0) is 13.0. The fourth-order valence-electron chi connectivity index (χ4n) is 1.55. The summed E-state index contributed by atoms with van der Waals surface area (Å²) in [6.07, 6.45) is 0.610. The van der Waals surface area contributed by atoms with Crippen LogP contribution in [0.3, 0.4) is 0 Å². The summed E-state index contributed by atoms with van der Waals surface area (Å²) in [5.41, 5.74) is 0.439. The highest BCUT2D eigenvalue weighted by atomic mass is 35.5. The van der Waals surface area contributed by atoms with Gasteiger partial charge in [0.25, 0.3) is 5.91 Å². The number of carbonyl (C=O) groups is 2. The molecular weight excluding hydrogens is 261 g/mol. The predicted octanol–water partition coefficient (Wildman–Crippen LogP) is 3.29. The second-order valence-corrected chi connectivity index (χ2v) is 4.21. The van der Waals surface area contributed by atoms with E-state index in [0.29, 0.717) is 19.4 Å². The van der Waals surface area contributed by atoms with E-state index in [1.54, 1.807) is 4.90 Å². The Kier molecular flexibility index (Phi) is 4.97. The molecular formula is C12H13Cl2NO2. The average Bonchev–Trinajstić information content (AvgIpc) is 2.33. The lowest BCUT2D eigenvalue weighted by atomic mass is 10.1. The molecule has 1 aromatic carbocycles.